The van der Waals surface area contributed by atoms with Crippen molar-refractivity contribution in [1.82, 2.24) is 0 Å². The second kappa shape index (κ2) is 8.08. The van der Waals surface area contributed by atoms with Crippen molar-refractivity contribution in [2.24, 2.45) is 11.8 Å². The van der Waals surface area contributed by atoms with Crippen LogP contribution in [0.1, 0.15) is 55.4 Å². The van der Waals surface area contributed by atoms with E-state index in [1.54, 1.807) is 0 Å². The smallest absolute Gasteiger partial charge is 0.192 e. The number of rotatable bonds is 7. The third-order valence-electron chi connectivity index (χ3n) is 6.07. The molecular formula is C20H42O2Si2. The molecule has 0 saturated heterocycles. The van der Waals surface area contributed by atoms with E-state index in [0.29, 0.717) is 5.92 Å². The van der Waals surface area contributed by atoms with Crippen LogP contribution < -0.4 is 0 Å². The van der Waals surface area contributed by atoms with Crippen molar-refractivity contribution in [2.45, 2.75) is 97.8 Å². The van der Waals surface area contributed by atoms with Gasteiger partial charge in [0.1, 0.15) is 0 Å². The van der Waals surface area contributed by atoms with Crippen LogP contribution in [-0.2, 0) is 8.85 Å². The zero-order chi connectivity index (χ0) is 19.6. The van der Waals surface area contributed by atoms with Crippen molar-refractivity contribution in [1.29, 1.82) is 0 Å². The summed E-state index contributed by atoms with van der Waals surface area (Å²) in [6.07, 6.45) is 5.80. The van der Waals surface area contributed by atoms with Crippen molar-refractivity contribution in [3.63, 3.8) is 0 Å². The van der Waals surface area contributed by atoms with E-state index < -0.39 is 16.6 Å². The molecule has 0 aromatic carbocycles. The zero-order valence-corrected chi connectivity index (χ0v) is 20.3. The molecule has 0 radical (unpaired) electrons. The molecule has 142 valence electrons. The molecule has 0 aliphatic rings. The Morgan fingerprint density at radius 3 is 1.62 bits per heavy atom. The standard InChI is InChI=1S/C20H42O2Si2/c1-14-16(2)18(22-24(12,13)20(7,8)9)17(3)15-21-23(10,11)19(4,5)6/h1,16-18H,15H2,2-13H3/t16-,17-,18+/m1/s1. The van der Waals surface area contributed by atoms with Crippen LogP contribution >= 0.6 is 0 Å². The monoisotopic (exact) mass is 370 g/mol. The van der Waals surface area contributed by atoms with Crippen molar-refractivity contribution >= 4 is 16.6 Å². The fourth-order valence-electron chi connectivity index (χ4n) is 1.97. The van der Waals surface area contributed by atoms with Gasteiger partial charge in [-0.15, -0.1) is 12.3 Å². The van der Waals surface area contributed by atoms with Gasteiger partial charge >= 0.3 is 0 Å². The minimum absolute atomic E-state index is 0.0562. The van der Waals surface area contributed by atoms with Crippen LogP contribution in [-0.4, -0.2) is 29.3 Å². The van der Waals surface area contributed by atoms with E-state index in [1.807, 2.05) is 0 Å². The molecule has 3 atom stereocenters. The maximum Gasteiger partial charge on any atom is 0.192 e. The predicted molar refractivity (Wildman–Crippen MR) is 112 cm³/mol. The lowest BCUT2D eigenvalue weighted by Crippen LogP contribution is -2.49. The zero-order valence-electron chi connectivity index (χ0n) is 18.3. The molecule has 0 aliphatic carbocycles. The Labute approximate surface area is 154 Å². The van der Waals surface area contributed by atoms with Gasteiger partial charge in [-0.05, 0) is 43.2 Å². The summed E-state index contributed by atoms with van der Waals surface area (Å²) in [6.45, 7) is 27.9. The molecule has 0 aliphatic heterocycles. The molecule has 0 spiro atoms. The van der Waals surface area contributed by atoms with E-state index in [4.69, 9.17) is 15.3 Å². The highest BCUT2D eigenvalue weighted by molar-refractivity contribution is 6.74. The fourth-order valence-corrected chi connectivity index (χ4v) is 4.56. The Balaban J connectivity index is 5.19. The van der Waals surface area contributed by atoms with E-state index >= 15 is 0 Å². The first-order valence-corrected chi connectivity index (χ1v) is 15.1. The second-order valence-electron chi connectivity index (χ2n) is 10.3. The van der Waals surface area contributed by atoms with E-state index in [0.717, 1.165) is 6.61 Å². The SMILES string of the molecule is C#C[C@@H](C)[C@H](O[Si](C)(C)C(C)(C)C)[C@H](C)CO[Si](C)(C)C(C)(C)C. The molecule has 0 unspecified atom stereocenters. The van der Waals surface area contributed by atoms with Gasteiger partial charge < -0.3 is 8.85 Å². The quantitative estimate of drug-likeness (QED) is 0.386. The summed E-state index contributed by atoms with van der Waals surface area (Å²) in [4.78, 5) is 0. The second-order valence-corrected chi connectivity index (χ2v) is 19.9. The third kappa shape index (κ3) is 6.33. The first kappa shape index (κ1) is 23.9. The predicted octanol–water partition coefficient (Wildman–Crippen LogP) is 6.30. The Hall–Kier alpha value is -0.0862. The van der Waals surface area contributed by atoms with E-state index in [2.05, 4.69) is 87.5 Å². The summed E-state index contributed by atoms with van der Waals surface area (Å²) in [7, 11) is -3.61. The van der Waals surface area contributed by atoms with Crippen LogP contribution in [0.25, 0.3) is 0 Å². The average molecular weight is 371 g/mol. The highest BCUT2D eigenvalue weighted by Gasteiger charge is 2.42. The molecule has 2 nitrogen and oxygen atoms in total. The van der Waals surface area contributed by atoms with Gasteiger partial charge in [0.2, 0.25) is 0 Å². The largest absolute Gasteiger partial charge is 0.416 e. The highest BCUT2D eigenvalue weighted by atomic mass is 28.4. The number of hydrogen-bond acceptors (Lipinski definition) is 2. The lowest BCUT2D eigenvalue weighted by Gasteiger charge is -2.43. The van der Waals surface area contributed by atoms with E-state index in [1.165, 1.54) is 0 Å². The van der Waals surface area contributed by atoms with Crippen LogP contribution in [0.15, 0.2) is 0 Å². The molecule has 0 aromatic heterocycles. The van der Waals surface area contributed by atoms with E-state index in [-0.39, 0.29) is 22.1 Å². The molecule has 24 heavy (non-hydrogen) atoms. The van der Waals surface area contributed by atoms with Gasteiger partial charge in [-0.25, -0.2) is 0 Å². The van der Waals surface area contributed by atoms with Crippen LogP contribution in [0.5, 0.6) is 0 Å². The fraction of sp³-hybridized carbons (Fsp3) is 0.900. The molecule has 0 bridgehead atoms. The van der Waals surface area contributed by atoms with Crippen LogP contribution in [0.3, 0.4) is 0 Å². The third-order valence-corrected chi connectivity index (χ3v) is 15.0. The first-order chi connectivity index (χ1) is 10.5. The van der Waals surface area contributed by atoms with Crippen LogP contribution in [0, 0.1) is 24.2 Å². The lowest BCUT2D eigenvalue weighted by atomic mass is 9.95. The van der Waals surface area contributed by atoms with Crippen molar-refractivity contribution < 1.29 is 8.85 Å². The normalized spacial score (nSPS) is 18.0. The maximum atomic E-state index is 6.70. The Morgan fingerprint density at radius 2 is 1.29 bits per heavy atom. The van der Waals surface area contributed by atoms with Gasteiger partial charge in [0.05, 0.1) is 6.10 Å². The summed E-state index contributed by atoms with van der Waals surface area (Å²) in [6, 6.07) is 0. The summed E-state index contributed by atoms with van der Waals surface area (Å²) in [5.74, 6) is 3.29. The number of terminal acetylenes is 1. The molecule has 0 saturated carbocycles. The minimum Gasteiger partial charge on any atom is -0.416 e. The first-order valence-electron chi connectivity index (χ1n) is 9.24. The molecule has 0 heterocycles. The molecule has 0 fully saturated rings. The van der Waals surface area contributed by atoms with Gasteiger partial charge in [0.15, 0.2) is 16.6 Å². The molecular weight excluding hydrogens is 328 g/mol. The number of hydrogen-bond donors (Lipinski definition) is 0. The summed E-state index contributed by atoms with van der Waals surface area (Å²) < 4.78 is 13.1. The molecule has 4 heteroatoms. The Morgan fingerprint density at radius 1 is 0.875 bits per heavy atom. The van der Waals surface area contributed by atoms with Crippen molar-refractivity contribution in [2.75, 3.05) is 6.61 Å². The molecule has 0 N–H and O–H groups in total. The van der Waals surface area contributed by atoms with Crippen LogP contribution in [0.2, 0.25) is 36.3 Å². The van der Waals surface area contributed by atoms with Gasteiger partial charge in [-0.2, -0.15) is 0 Å². The Bertz CT molecular complexity index is 436. The van der Waals surface area contributed by atoms with Gasteiger partial charge in [-0.1, -0.05) is 48.5 Å². The highest BCUT2D eigenvalue weighted by Crippen LogP contribution is 2.40. The summed E-state index contributed by atoms with van der Waals surface area (Å²) in [5.41, 5.74) is 0. The maximum absolute atomic E-state index is 6.70. The van der Waals surface area contributed by atoms with E-state index in [9.17, 15) is 0 Å². The van der Waals surface area contributed by atoms with Crippen LogP contribution in [0.4, 0.5) is 0 Å². The van der Waals surface area contributed by atoms with Gasteiger partial charge in [0.25, 0.3) is 0 Å². The molecule has 0 amide bonds. The lowest BCUT2D eigenvalue weighted by molar-refractivity contribution is 0.0653. The summed E-state index contributed by atoms with van der Waals surface area (Å²) >= 11 is 0. The van der Waals surface area contributed by atoms with Gasteiger partial charge in [0, 0.05) is 18.4 Å². The molecule has 0 rings (SSSR count). The summed E-state index contributed by atoms with van der Waals surface area (Å²) in [5, 5.41) is 0.403. The van der Waals surface area contributed by atoms with Crippen molar-refractivity contribution in [3.8, 4) is 12.3 Å². The topological polar surface area (TPSA) is 18.5 Å². The molecule has 0 aromatic rings. The van der Waals surface area contributed by atoms with Crippen molar-refractivity contribution in [3.05, 3.63) is 0 Å². The minimum atomic E-state index is -1.86. The van der Waals surface area contributed by atoms with Gasteiger partial charge in [-0.3, -0.25) is 0 Å². The Kier molecular flexibility index (Phi) is 8.05. The average Bonchev–Trinajstić information content (AvgIpc) is 2.38.